The predicted molar refractivity (Wildman–Crippen MR) is 94.6 cm³/mol. The molecule has 2 rings (SSSR count). The van der Waals surface area contributed by atoms with E-state index < -0.39 is 0 Å². The summed E-state index contributed by atoms with van der Waals surface area (Å²) in [6, 6.07) is 11.8. The summed E-state index contributed by atoms with van der Waals surface area (Å²) in [5, 5.41) is 9.99. The van der Waals surface area contributed by atoms with Crippen LogP contribution in [-0.4, -0.2) is 24.5 Å². The number of halogens is 3. The van der Waals surface area contributed by atoms with Gasteiger partial charge in [-0.3, -0.25) is 4.79 Å². The zero-order valence-corrected chi connectivity index (χ0v) is 15.0. The van der Waals surface area contributed by atoms with E-state index in [1.807, 2.05) is 6.07 Å². The number of carbonyl (C=O) groups is 1. The number of likely N-dealkylation sites (N-methyl/N-ethyl adjacent to an activating group) is 1. The first-order valence-corrected chi connectivity index (χ1v) is 8.04. The summed E-state index contributed by atoms with van der Waals surface area (Å²) in [6.45, 7) is 0.212. The zero-order valence-electron chi connectivity index (χ0n) is 12.7. The third-order valence-corrected chi connectivity index (χ3v) is 4.28. The normalized spacial score (nSPS) is 10.1. The summed E-state index contributed by atoms with van der Waals surface area (Å²) in [7, 11) is 1.66. The Morgan fingerprint density at radius 1 is 1.12 bits per heavy atom. The second-order valence-corrected chi connectivity index (χ2v) is 6.27. The summed E-state index contributed by atoms with van der Waals surface area (Å²) in [4.78, 5) is 13.7. The van der Waals surface area contributed by atoms with E-state index in [1.165, 1.54) is 11.0 Å². The third-order valence-electron chi connectivity index (χ3n) is 3.24. The van der Waals surface area contributed by atoms with Gasteiger partial charge in [-0.05, 0) is 35.9 Å². The highest BCUT2D eigenvalue weighted by molar-refractivity contribution is 6.42. The van der Waals surface area contributed by atoms with Gasteiger partial charge in [0.05, 0.1) is 26.7 Å². The lowest BCUT2D eigenvalue weighted by atomic mass is 10.2. The first kappa shape index (κ1) is 18.4. The standard InChI is InChI=1S/C17H13Cl3N2O2/c1-22(9-12-2-4-13(18)14(19)7-12)17(23)10-24-16-5-3-11(8-21)6-15(16)20/h2-7H,9-10H2,1H3. The average molecular weight is 384 g/mol. The summed E-state index contributed by atoms with van der Waals surface area (Å²) in [5.41, 5.74) is 1.28. The number of amides is 1. The molecule has 0 saturated heterocycles. The second-order valence-electron chi connectivity index (χ2n) is 5.04. The van der Waals surface area contributed by atoms with Crippen LogP contribution in [0.15, 0.2) is 36.4 Å². The van der Waals surface area contributed by atoms with Gasteiger partial charge in [0, 0.05) is 13.6 Å². The molecule has 0 aliphatic rings. The van der Waals surface area contributed by atoms with Gasteiger partial charge in [0.1, 0.15) is 5.75 Å². The Labute approximate surface area is 155 Å². The van der Waals surface area contributed by atoms with Crippen molar-refractivity contribution in [2.24, 2.45) is 0 Å². The monoisotopic (exact) mass is 382 g/mol. The molecule has 0 saturated carbocycles. The predicted octanol–water partition coefficient (Wildman–Crippen LogP) is 4.56. The fraction of sp³-hybridized carbons (Fsp3) is 0.176. The van der Waals surface area contributed by atoms with E-state index in [9.17, 15) is 4.79 Å². The maximum absolute atomic E-state index is 12.2. The number of nitrogens with zero attached hydrogens (tertiary/aromatic N) is 2. The zero-order chi connectivity index (χ0) is 17.7. The fourth-order valence-electron chi connectivity index (χ4n) is 1.94. The number of carbonyl (C=O) groups excluding carboxylic acids is 1. The maximum atomic E-state index is 12.2. The van der Waals surface area contributed by atoms with E-state index in [1.54, 1.807) is 37.4 Å². The average Bonchev–Trinajstić information content (AvgIpc) is 2.56. The van der Waals surface area contributed by atoms with Gasteiger partial charge in [-0.2, -0.15) is 5.26 Å². The van der Waals surface area contributed by atoms with Crippen molar-refractivity contribution in [1.82, 2.24) is 4.90 Å². The van der Waals surface area contributed by atoms with Crippen LogP contribution in [0.3, 0.4) is 0 Å². The van der Waals surface area contributed by atoms with Crippen molar-refractivity contribution >= 4 is 40.7 Å². The number of benzene rings is 2. The first-order valence-electron chi connectivity index (χ1n) is 6.91. The molecule has 0 radical (unpaired) electrons. The van der Waals surface area contributed by atoms with Crippen molar-refractivity contribution in [3.63, 3.8) is 0 Å². The molecule has 0 spiro atoms. The minimum Gasteiger partial charge on any atom is -0.482 e. The fourth-order valence-corrected chi connectivity index (χ4v) is 2.49. The highest BCUT2D eigenvalue weighted by atomic mass is 35.5. The van der Waals surface area contributed by atoms with E-state index >= 15 is 0 Å². The number of ether oxygens (including phenoxy) is 1. The van der Waals surface area contributed by atoms with Crippen LogP contribution in [0.5, 0.6) is 5.75 Å². The molecule has 0 N–H and O–H groups in total. The van der Waals surface area contributed by atoms with Crippen molar-refractivity contribution in [3.8, 4) is 11.8 Å². The lowest BCUT2D eigenvalue weighted by Crippen LogP contribution is -2.31. The van der Waals surface area contributed by atoms with Crippen LogP contribution in [0.1, 0.15) is 11.1 Å². The van der Waals surface area contributed by atoms with Crippen molar-refractivity contribution in [2.75, 3.05) is 13.7 Å². The molecule has 4 nitrogen and oxygen atoms in total. The highest BCUT2D eigenvalue weighted by Gasteiger charge is 2.12. The van der Waals surface area contributed by atoms with Crippen LogP contribution in [0.25, 0.3) is 0 Å². The molecule has 0 bridgehead atoms. The van der Waals surface area contributed by atoms with Gasteiger partial charge >= 0.3 is 0 Å². The number of hydrogen-bond acceptors (Lipinski definition) is 3. The molecular weight excluding hydrogens is 371 g/mol. The maximum Gasteiger partial charge on any atom is 0.260 e. The summed E-state index contributed by atoms with van der Waals surface area (Å²) in [5.74, 6) is 0.133. The second kappa shape index (κ2) is 8.25. The molecule has 1 amide bonds. The Kier molecular flexibility index (Phi) is 6.33. The minimum atomic E-state index is -0.221. The molecule has 7 heteroatoms. The molecule has 0 atom stereocenters. The molecule has 124 valence electrons. The van der Waals surface area contributed by atoms with E-state index in [-0.39, 0.29) is 17.5 Å². The molecule has 2 aromatic rings. The van der Waals surface area contributed by atoms with Gasteiger partial charge in [0.15, 0.2) is 6.61 Å². The Bertz CT molecular complexity index is 803. The number of nitriles is 1. The van der Waals surface area contributed by atoms with Crippen molar-refractivity contribution < 1.29 is 9.53 Å². The van der Waals surface area contributed by atoms with E-state index in [4.69, 9.17) is 44.8 Å². The summed E-state index contributed by atoms with van der Waals surface area (Å²) < 4.78 is 5.42. The molecule has 0 fully saturated rings. The van der Waals surface area contributed by atoms with Crippen LogP contribution >= 0.6 is 34.8 Å². The van der Waals surface area contributed by atoms with Gasteiger partial charge < -0.3 is 9.64 Å². The first-order chi connectivity index (χ1) is 11.4. The highest BCUT2D eigenvalue weighted by Crippen LogP contribution is 2.25. The van der Waals surface area contributed by atoms with Crippen LogP contribution in [-0.2, 0) is 11.3 Å². The van der Waals surface area contributed by atoms with E-state index in [0.717, 1.165) is 5.56 Å². The SMILES string of the molecule is CN(Cc1ccc(Cl)c(Cl)c1)C(=O)COc1ccc(C#N)cc1Cl. The molecular formula is C17H13Cl3N2O2. The third kappa shape index (κ3) is 4.78. The Hall–Kier alpha value is -1.93. The molecule has 2 aromatic carbocycles. The van der Waals surface area contributed by atoms with Gasteiger partial charge in [-0.25, -0.2) is 0 Å². The molecule has 0 heterocycles. The van der Waals surface area contributed by atoms with Gasteiger partial charge in [-0.15, -0.1) is 0 Å². The summed E-state index contributed by atoms with van der Waals surface area (Å²) >= 11 is 17.8. The van der Waals surface area contributed by atoms with E-state index in [2.05, 4.69) is 0 Å². The Balaban J connectivity index is 1.94. The van der Waals surface area contributed by atoms with Crippen LogP contribution in [0, 0.1) is 11.3 Å². The quantitative estimate of drug-likeness (QED) is 0.761. The van der Waals surface area contributed by atoms with Crippen molar-refractivity contribution in [1.29, 1.82) is 5.26 Å². The Morgan fingerprint density at radius 3 is 2.50 bits per heavy atom. The molecule has 0 aliphatic carbocycles. The molecule has 24 heavy (non-hydrogen) atoms. The largest absolute Gasteiger partial charge is 0.482 e. The van der Waals surface area contributed by atoms with Crippen molar-refractivity contribution in [3.05, 3.63) is 62.6 Å². The number of rotatable bonds is 5. The van der Waals surface area contributed by atoms with Gasteiger partial charge in [-0.1, -0.05) is 40.9 Å². The van der Waals surface area contributed by atoms with Crippen LogP contribution < -0.4 is 4.74 Å². The topological polar surface area (TPSA) is 53.3 Å². The molecule has 0 unspecified atom stereocenters. The lowest BCUT2D eigenvalue weighted by Gasteiger charge is -2.18. The molecule has 0 aliphatic heterocycles. The van der Waals surface area contributed by atoms with E-state index in [0.29, 0.717) is 27.9 Å². The lowest BCUT2D eigenvalue weighted by molar-refractivity contribution is -0.132. The number of hydrogen-bond donors (Lipinski definition) is 0. The van der Waals surface area contributed by atoms with Crippen LogP contribution in [0.4, 0.5) is 0 Å². The molecule has 0 aromatic heterocycles. The van der Waals surface area contributed by atoms with Crippen molar-refractivity contribution in [2.45, 2.75) is 6.54 Å². The van der Waals surface area contributed by atoms with Gasteiger partial charge in [0.25, 0.3) is 5.91 Å². The minimum absolute atomic E-state index is 0.163. The summed E-state index contributed by atoms with van der Waals surface area (Å²) in [6.07, 6.45) is 0. The smallest absolute Gasteiger partial charge is 0.260 e. The Morgan fingerprint density at radius 2 is 1.88 bits per heavy atom. The van der Waals surface area contributed by atoms with Gasteiger partial charge in [0.2, 0.25) is 0 Å². The van der Waals surface area contributed by atoms with Crippen LogP contribution in [0.2, 0.25) is 15.1 Å².